The zero-order valence-corrected chi connectivity index (χ0v) is 13.6. The Morgan fingerprint density at radius 3 is 2.45 bits per heavy atom. The van der Waals surface area contributed by atoms with E-state index in [-0.39, 0.29) is 18.4 Å². The van der Waals surface area contributed by atoms with Gasteiger partial charge in [0.25, 0.3) is 5.91 Å². The summed E-state index contributed by atoms with van der Waals surface area (Å²) in [5.41, 5.74) is 2.58. The first-order chi connectivity index (χ1) is 10.5. The summed E-state index contributed by atoms with van der Waals surface area (Å²) in [5.74, 6) is -0.206. The van der Waals surface area contributed by atoms with Crippen molar-refractivity contribution in [2.45, 2.75) is 20.8 Å². The van der Waals surface area contributed by atoms with Gasteiger partial charge >= 0.3 is 0 Å². The highest BCUT2D eigenvalue weighted by Crippen LogP contribution is 2.17. The maximum atomic E-state index is 12.5. The molecular weight excluding hydrogens is 278 g/mol. The fraction of sp³-hybridized carbons (Fsp3) is 0.412. The third-order valence-corrected chi connectivity index (χ3v) is 3.84. The second-order valence-electron chi connectivity index (χ2n) is 5.50. The van der Waals surface area contributed by atoms with E-state index in [0.29, 0.717) is 18.8 Å². The van der Waals surface area contributed by atoms with Gasteiger partial charge in [-0.15, -0.1) is 0 Å². The third kappa shape index (κ3) is 3.30. The van der Waals surface area contributed by atoms with Crippen LogP contribution >= 0.6 is 0 Å². The van der Waals surface area contributed by atoms with Crippen molar-refractivity contribution in [2.24, 2.45) is 0 Å². The van der Waals surface area contributed by atoms with Gasteiger partial charge in [-0.25, -0.2) is 0 Å². The molecule has 5 heteroatoms. The molecule has 0 bridgehead atoms. The molecule has 22 heavy (non-hydrogen) atoms. The number of nitrogens with one attached hydrogen (secondary N) is 1. The minimum atomic E-state index is -0.172. The maximum Gasteiger partial charge on any atom is 0.270 e. The van der Waals surface area contributed by atoms with Gasteiger partial charge < -0.3 is 14.8 Å². The van der Waals surface area contributed by atoms with Gasteiger partial charge in [-0.3, -0.25) is 9.59 Å². The number of likely N-dealkylation sites (N-methyl/N-ethyl adjacent to an activating group) is 2. The Morgan fingerprint density at radius 1 is 1.14 bits per heavy atom. The number of aromatic amines is 1. The molecule has 0 saturated heterocycles. The van der Waals surface area contributed by atoms with Gasteiger partial charge in [-0.1, -0.05) is 12.1 Å². The number of fused-ring (bicyclic) bond motifs is 1. The SMILES string of the molecule is CCN(CC)C(=O)CN(C)C(=O)c1cc2ccc(C)cc2[nH]1. The van der Waals surface area contributed by atoms with Crippen LogP contribution in [0, 0.1) is 6.92 Å². The highest BCUT2D eigenvalue weighted by molar-refractivity contribution is 5.99. The molecule has 0 unspecified atom stereocenters. The molecule has 1 aromatic carbocycles. The van der Waals surface area contributed by atoms with Crippen LogP contribution in [-0.4, -0.2) is 53.3 Å². The lowest BCUT2D eigenvalue weighted by Crippen LogP contribution is -2.41. The van der Waals surface area contributed by atoms with Gasteiger partial charge in [0.2, 0.25) is 5.91 Å². The number of hydrogen-bond donors (Lipinski definition) is 1. The molecule has 0 aliphatic rings. The molecule has 2 amide bonds. The van der Waals surface area contributed by atoms with Crippen molar-refractivity contribution in [3.05, 3.63) is 35.5 Å². The molecule has 118 valence electrons. The summed E-state index contributed by atoms with van der Waals surface area (Å²) in [5, 5.41) is 0.998. The molecule has 0 saturated carbocycles. The predicted molar refractivity (Wildman–Crippen MR) is 87.9 cm³/mol. The molecule has 1 aromatic heterocycles. The number of hydrogen-bond acceptors (Lipinski definition) is 2. The van der Waals surface area contributed by atoms with Gasteiger partial charge in [0, 0.05) is 31.0 Å². The minimum Gasteiger partial charge on any atom is -0.351 e. The summed E-state index contributed by atoms with van der Waals surface area (Å²) in [4.78, 5) is 30.9. The number of aromatic nitrogens is 1. The van der Waals surface area contributed by atoms with E-state index < -0.39 is 0 Å². The molecule has 0 spiro atoms. The van der Waals surface area contributed by atoms with E-state index in [0.717, 1.165) is 16.5 Å². The summed E-state index contributed by atoms with van der Waals surface area (Å²) < 4.78 is 0. The lowest BCUT2D eigenvalue weighted by Gasteiger charge is -2.22. The number of nitrogens with zero attached hydrogens (tertiary/aromatic N) is 2. The molecule has 0 atom stereocenters. The van der Waals surface area contributed by atoms with Crippen LogP contribution < -0.4 is 0 Å². The molecule has 1 heterocycles. The first kappa shape index (κ1) is 16.1. The minimum absolute atomic E-state index is 0.0344. The number of amides is 2. The molecule has 2 rings (SSSR count). The van der Waals surface area contributed by atoms with Crippen LogP contribution in [0.4, 0.5) is 0 Å². The summed E-state index contributed by atoms with van der Waals surface area (Å²) >= 11 is 0. The highest BCUT2D eigenvalue weighted by atomic mass is 16.2. The van der Waals surface area contributed by atoms with E-state index in [1.807, 2.05) is 45.0 Å². The van der Waals surface area contributed by atoms with Crippen LogP contribution in [0.1, 0.15) is 29.9 Å². The topological polar surface area (TPSA) is 56.4 Å². The second-order valence-corrected chi connectivity index (χ2v) is 5.50. The first-order valence-electron chi connectivity index (χ1n) is 7.58. The Bertz CT molecular complexity index is 686. The Labute approximate surface area is 130 Å². The normalized spacial score (nSPS) is 10.7. The van der Waals surface area contributed by atoms with Crippen molar-refractivity contribution in [2.75, 3.05) is 26.7 Å². The summed E-state index contributed by atoms with van der Waals surface area (Å²) in [7, 11) is 1.65. The largest absolute Gasteiger partial charge is 0.351 e. The Morgan fingerprint density at radius 2 is 1.82 bits per heavy atom. The average molecular weight is 301 g/mol. The molecular formula is C17H23N3O2. The van der Waals surface area contributed by atoms with Crippen molar-refractivity contribution in [1.82, 2.24) is 14.8 Å². The van der Waals surface area contributed by atoms with E-state index in [4.69, 9.17) is 0 Å². The Hall–Kier alpha value is -2.30. The zero-order valence-electron chi connectivity index (χ0n) is 13.6. The smallest absolute Gasteiger partial charge is 0.270 e. The molecule has 0 radical (unpaired) electrons. The standard InChI is InChI=1S/C17H23N3O2/c1-5-20(6-2)16(21)11-19(4)17(22)15-10-13-8-7-12(3)9-14(13)18-15/h7-10,18H,5-6,11H2,1-4H3. The number of benzene rings is 1. The van der Waals surface area contributed by atoms with E-state index >= 15 is 0 Å². The molecule has 0 aliphatic carbocycles. The predicted octanol–water partition coefficient (Wildman–Crippen LogP) is 2.42. The van der Waals surface area contributed by atoms with E-state index in [1.165, 1.54) is 4.90 Å². The Kier molecular flexibility index (Phi) is 4.85. The van der Waals surface area contributed by atoms with E-state index in [2.05, 4.69) is 4.98 Å². The second kappa shape index (κ2) is 6.64. The molecule has 0 aliphatic heterocycles. The molecule has 0 fully saturated rings. The van der Waals surface area contributed by atoms with Crippen LogP contribution in [0.2, 0.25) is 0 Å². The van der Waals surface area contributed by atoms with Crippen molar-refractivity contribution in [1.29, 1.82) is 0 Å². The number of rotatable bonds is 5. The van der Waals surface area contributed by atoms with Gasteiger partial charge in [0.05, 0.1) is 6.54 Å². The van der Waals surface area contributed by atoms with Gasteiger partial charge in [-0.2, -0.15) is 0 Å². The van der Waals surface area contributed by atoms with Crippen LogP contribution in [0.5, 0.6) is 0 Å². The van der Waals surface area contributed by atoms with Crippen molar-refractivity contribution >= 4 is 22.7 Å². The van der Waals surface area contributed by atoms with Crippen molar-refractivity contribution in [3.63, 3.8) is 0 Å². The Balaban J connectivity index is 2.13. The van der Waals surface area contributed by atoms with Gasteiger partial charge in [0.15, 0.2) is 0 Å². The fourth-order valence-electron chi connectivity index (χ4n) is 2.51. The highest BCUT2D eigenvalue weighted by Gasteiger charge is 2.19. The van der Waals surface area contributed by atoms with Crippen LogP contribution in [-0.2, 0) is 4.79 Å². The third-order valence-electron chi connectivity index (χ3n) is 3.84. The quantitative estimate of drug-likeness (QED) is 0.922. The number of H-pyrrole nitrogens is 1. The van der Waals surface area contributed by atoms with Crippen molar-refractivity contribution in [3.8, 4) is 0 Å². The molecule has 2 aromatic rings. The van der Waals surface area contributed by atoms with Gasteiger partial charge in [-0.05, 0) is 38.5 Å². The summed E-state index contributed by atoms with van der Waals surface area (Å²) in [6.45, 7) is 7.28. The lowest BCUT2D eigenvalue weighted by molar-refractivity contribution is -0.131. The molecule has 1 N–H and O–H groups in total. The number of aryl methyl sites for hydroxylation is 1. The zero-order chi connectivity index (χ0) is 16.3. The van der Waals surface area contributed by atoms with E-state index in [9.17, 15) is 9.59 Å². The van der Waals surface area contributed by atoms with Crippen LogP contribution in [0.15, 0.2) is 24.3 Å². The summed E-state index contributed by atoms with van der Waals surface area (Å²) in [6, 6.07) is 7.83. The summed E-state index contributed by atoms with van der Waals surface area (Å²) in [6.07, 6.45) is 0. The van der Waals surface area contributed by atoms with Gasteiger partial charge in [0.1, 0.15) is 5.69 Å². The maximum absolute atomic E-state index is 12.5. The van der Waals surface area contributed by atoms with Crippen LogP contribution in [0.3, 0.4) is 0 Å². The van der Waals surface area contributed by atoms with Crippen molar-refractivity contribution < 1.29 is 9.59 Å². The number of carbonyl (C=O) groups is 2. The monoisotopic (exact) mass is 301 g/mol. The van der Waals surface area contributed by atoms with E-state index in [1.54, 1.807) is 11.9 Å². The first-order valence-corrected chi connectivity index (χ1v) is 7.58. The molecule has 5 nitrogen and oxygen atoms in total. The average Bonchev–Trinajstić information content (AvgIpc) is 2.90. The fourth-order valence-corrected chi connectivity index (χ4v) is 2.51. The lowest BCUT2D eigenvalue weighted by atomic mass is 10.2. The number of carbonyl (C=O) groups excluding carboxylic acids is 2. The van der Waals surface area contributed by atoms with Crippen LogP contribution in [0.25, 0.3) is 10.9 Å².